The van der Waals surface area contributed by atoms with Crippen LogP contribution < -0.4 is 9.47 Å². The van der Waals surface area contributed by atoms with Crippen molar-refractivity contribution in [2.45, 2.75) is 25.3 Å². The van der Waals surface area contributed by atoms with Crippen LogP contribution in [-0.4, -0.2) is 73.7 Å². The number of carbonyl (C=O) groups excluding carboxylic acids is 1. The molecule has 0 saturated carbocycles. The van der Waals surface area contributed by atoms with Crippen LogP contribution in [0.1, 0.15) is 29.6 Å². The number of rotatable bonds is 4. The smallest absolute Gasteiger partial charge is 0.320 e. The van der Waals surface area contributed by atoms with Crippen LogP contribution in [0.5, 0.6) is 11.5 Å². The lowest BCUT2D eigenvalue weighted by molar-refractivity contribution is -0.141. The molecule has 1 aromatic carbocycles. The van der Waals surface area contributed by atoms with Gasteiger partial charge >= 0.3 is 5.97 Å². The Morgan fingerprint density at radius 2 is 1.88 bits per heavy atom. The van der Waals surface area contributed by atoms with Crippen LogP contribution in [0.4, 0.5) is 0 Å². The van der Waals surface area contributed by atoms with Crippen molar-refractivity contribution in [3.05, 3.63) is 23.8 Å². The average Bonchev–Trinajstić information content (AvgIpc) is 2.97. The number of methoxy groups -OCH3 is 2. The number of piperidine rings is 1. The first-order valence-corrected chi connectivity index (χ1v) is 8.84. The van der Waals surface area contributed by atoms with Gasteiger partial charge in [-0.05, 0) is 43.9 Å². The summed E-state index contributed by atoms with van der Waals surface area (Å²) in [6, 6.07) is 4.87. The molecule has 0 aliphatic carbocycles. The number of likely N-dealkylation sites (tertiary alicyclic amines) is 2. The van der Waals surface area contributed by atoms with Crippen LogP contribution in [0.15, 0.2) is 18.2 Å². The Labute approximate surface area is 153 Å². The van der Waals surface area contributed by atoms with E-state index < -0.39 is 12.0 Å². The molecule has 1 aromatic rings. The Hall–Kier alpha value is -2.28. The number of nitrogens with zero attached hydrogens (tertiary/aromatic N) is 2. The highest BCUT2D eigenvalue weighted by Gasteiger charge is 2.47. The quantitative estimate of drug-likeness (QED) is 0.879. The number of carboxylic acids is 1. The summed E-state index contributed by atoms with van der Waals surface area (Å²) in [4.78, 5) is 28.1. The van der Waals surface area contributed by atoms with Crippen molar-refractivity contribution in [2.75, 3.05) is 40.9 Å². The van der Waals surface area contributed by atoms with Crippen LogP contribution in [0, 0.1) is 5.41 Å². The van der Waals surface area contributed by atoms with Crippen molar-refractivity contribution in [3.63, 3.8) is 0 Å². The van der Waals surface area contributed by atoms with Crippen molar-refractivity contribution in [1.29, 1.82) is 0 Å². The Balaban J connectivity index is 1.71. The van der Waals surface area contributed by atoms with Gasteiger partial charge in [0.15, 0.2) is 11.5 Å². The van der Waals surface area contributed by atoms with Gasteiger partial charge in [-0.1, -0.05) is 6.07 Å². The fourth-order valence-corrected chi connectivity index (χ4v) is 4.32. The number of hydrogen-bond donors (Lipinski definition) is 1. The highest BCUT2D eigenvalue weighted by Crippen LogP contribution is 2.43. The zero-order chi connectivity index (χ0) is 18.9. The van der Waals surface area contributed by atoms with E-state index in [1.807, 2.05) is 16.8 Å². The summed E-state index contributed by atoms with van der Waals surface area (Å²) in [5, 5.41) is 9.36. The van der Waals surface area contributed by atoms with Gasteiger partial charge in [0, 0.05) is 19.6 Å². The molecule has 2 saturated heterocycles. The van der Waals surface area contributed by atoms with Crippen LogP contribution in [0.2, 0.25) is 0 Å². The maximum atomic E-state index is 13.0. The third kappa shape index (κ3) is 3.23. The van der Waals surface area contributed by atoms with Gasteiger partial charge in [-0.25, -0.2) is 0 Å². The van der Waals surface area contributed by atoms with Crippen LogP contribution in [-0.2, 0) is 4.79 Å². The molecule has 7 heteroatoms. The standard InChI is InChI=1S/C19H26N2O5/c1-20-12-19(11-14(20)18(23)24)7-9-21(10-8-19)17(22)13-5-4-6-15(25-2)16(13)26-3/h4-6,14H,7-12H2,1-3H3,(H,23,24)/t14-/m1/s1. The number of hydrogen-bond acceptors (Lipinski definition) is 5. The monoisotopic (exact) mass is 362 g/mol. The number of amides is 1. The molecule has 1 amide bonds. The van der Waals surface area contributed by atoms with E-state index in [0.717, 1.165) is 19.4 Å². The molecule has 1 atom stereocenters. The zero-order valence-electron chi connectivity index (χ0n) is 15.5. The molecule has 142 valence electrons. The molecule has 0 aromatic heterocycles. The second-order valence-electron chi connectivity index (χ2n) is 7.31. The summed E-state index contributed by atoms with van der Waals surface area (Å²) >= 11 is 0. The molecule has 2 aliphatic rings. The van der Waals surface area contributed by atoms with Crippen molar-refractivity contribution in [2.24, 2.45) is 5.41 Å². The number of para-hydroxylation sites is 1. The summed E-state index contributed by atoms with van der Waals surface area (Å²) in [5.41, 5.74) is 0.488. The third-order valence-electron chi connectivity index (χ3n) is 5.77. The topological polar surface area (TPSA) is 79.3 Å². The van der Waals surface area contributed by atoms with Crippen LogP contribution in [0.25, 0.3) is 0 Å². The number of carbonyl (C=O) groups is 2. The molecule has 0 unspecified atom stereocenters. The molecule has 2 fully saturated rings. The lowest BCUT2D eigenvalue weighted by atomic mass is 9.76. The van der Waals surface area contributed by atoms with Gasteiger partial charge in [-0.15, -0.1) is 0 Å². The summed E-state index contributed by atoms with van der Waals surface area (Å²) in [6.45, 7) is 2.02. The van der Waals surface area contributed by atoms with Gasteiger partial charge in [0.25, 0.3) is 5.91 Å². The fourth-order valence-electron chi connectivity index (χ4n) is 4.32. The first kappa shape index (κ1) is 18.5. The van der Waals surface area contributed by atoms with E-state index in [4.69, 9.17) is 9.47 Å². The van der Waals surface area contributed by atoms with Crippen LogP contribution >= 0.6 is 0 Å². The molecule has 2 aliphatic heterocycles. The molecule has 3 rings (SSSR count). The van der Waals surface area contributed by atoms with Gasteiger partial charge in [0.1, 0.15) is 6.04 Å². The highest BCUT2D eigenvalue weighted by molar-refractivity contribution is 5.98. The number of aliphatic carboxylic acids is 1. The maximum Gasteiger partial charge on any atom is 0.320 e. The number of likely N-dealkylation sites (N-methyl/N-ethyl adjacent to an activating group) is 1. The Morgan fingerprint density at radius 1 is 1.19 bits per heavy atom. The van der Waals surface area contributed by atoms with Crippen molar-refractivity contribution in [3.8, 4) is 11.5 Å². The van der Waals surface area contributed by atoms with Gasteiger partial charge in [0.05, 0.1) is 19.8 Å². The molecule has 0 bridgehead atoms. The molecular formula is C19H26N2O5. The van der Waals surface area contributed by atoms with E-state index in [1.54, 1.807) is 25.3 Å². The van der Waals surface area contributed by atoms with E-state index >= 15 is 0 Å². The van der Waals surface area contributed by atoms with Gasteiger partial charge in [0.2, 0.25) is 0 Å². The second-order valence-corrected chi connectivity index (χ2v) is 7.31. The number of carboxylic acid groups (broad SMARTS) is 1. The Kier molecular flexibility index (Phi) is 5.09. The van der Waals surface area contributed by atoms with Crippen LogP contribution in [0.3, 0.4) is 0 Å². The molecular weight excluding hydrogens is 336 g/mol. The largest absolute Gasteiger partial charge is 0.493 e. The summed E-state index contributed by atoms with van der Waals surface area (Å²) in [7, 11) is 4.94. The van der Waals surface area contributed by atoms with E-state index in [0.29, 0.717) is 36.6 Å². The highest BCUT2D eigenvalue weighted by atomic mass is 16.5. The molecule has 2 heterocycles. The summed E-state index contributed by atoms with van der Waals surface area (Å²) in [6.07, 6.45) is 2.29. The fraction of sp³-hybridized carbons (Fsp3) is 0.579. The first-order valence-electron chi connectivity index (χ1n) is 8.84. The summed E-state index contributed by atoms with van der Waals surface area (Å²) in [5.74, 6) is 0.154. The predicted molar refractivity (Wildman–Crippen MR) is 95.8 cm³/mol. The van der Waals surface area contributed by atoms with E-state index in [9.17, 15) is 14.7 Å². The average molecular weight is 362 g/mol. The minimum Gasteiger partial charge on any atom is -0.493 e. The maximum absolute atomic E-state index is 13.0. The lowest BCUT2D eigenvalue weighted by Gasteiger charge is -2.39. The minimum absolute atomic E-state index is 0.00689. The SMILES string of the molecule is COc1cccc(C(=O)N2CCC3(CC2)C[C@H](C(=O)O)N(C)C3)c1OC. The Morgan fingerprint density at radius 3 is 2.42 bits per heavy atom. The Bertz CT molecular complexity index is 697. The zero-order valence-corrected chi connectivity index (χ0v) is 15.5. The van der Waals surface area contributed by atoms with Crippen molar-refractivity contribution < 1.29 is 24.2 Å². The minimum atomic E-state index is -0.760. The molecule has 1 spiro atoms. The third-order valence-corrected chi connectivity index (χ3v) is 5.77. The van der Waals surface area contributed by atoms with E-state index in [-0.39, 0.29) is 11.3 Å². The number of benzene rings is 1. The second kappa shape index (κ2) is 7.15. The number of ether oxygens (including phenoxy) is 2. The summed E-state index contributed by atoms with van der Waals surface area (Å²) < 4.78 is 10.7. The van der Waals surface area contributed by atoms with Gasteiger partial charge in [-0.2, -0.15) is 0 Å². The predicted octanol–water partition coefficient (Wildman–Crippen LogP) is 1.71. The van der Waals surface area contributed by atoms with Crippen molar-refractivity contribution in [1.82, 2.24) is 9.80 Å². The van der Waals surface area contributed by atoms with E-state index in [1.165, 1.54) is 7.11 Å². The first-order chi connectivity index (χ1) is 12.4. The van der Waals surface area contributed by atoms with Gasteiger partial charge < -0.3 is 19.5 Å². The molecule has 26 heavy (non-hydrogen) atoms. The van der Waals surface area contributed by atoms with Crippen molar-refractivity contribution >= 4 is 11.9 Å². The molecule has 0 radical (unpaired) electrons. The molecule has 1 N–H and O–H groups in total. The van der Waals surface area contributed by atoms with E-state index in [2.05, 4.69) is 0 Å². The molecule has 7 nitrogen and oxygen atoms in total. The van der Waals surface area contributed by atoms with Gasteiger partial charge in [-0.3, -0.25) is 14.5 Å². The lowest BCUT2D eigenvalue weighted by Crippen LogP contribution is -2.44. The normalized spacial score (nSPS) is 22.4.